The predicted octanol–water partition coefficient (Wildman–Crippen LogP) is 3.21. The zero-order valence-corrected chi connectivity index (χ0v) is 17.6. The van der Waals surface area contributed by atoms with Crippen LogP contribution >= 0.6 is 0 Å². The van der Waals surface area contributed by atoms with Gasteiger partial charge in [-0.05, 0) is 47.9 Å². The van der Waals surface area contributed by atoms with Gasteiger partial charge in [-0.25, -0.2) is 14.2 Å². The summed E-state index contributed by atoms with van der Waals surface area (Å²) in [6.45, 7) is 1.76. The van der Waals surface area contributed by atoms with Crippen molar-refractivity contribution in [3.05, 3.63) is 80.9 Å². The number of fused-ring (bicyclic) bond motifs is 5. The molecule has 4 heterocycles. The normalized spacial score (nSPS) is 16.3. The SMILES string of the molecule is Cc1cc2c(-c3ccc(N)cc3)c3c(nc2cc1F)-c1cc2c(c(=O)n1C3)COC(=O)C2O. The molecule has 0 aliphatic carbocycles. The smallest absolute Gasteiger partial charge is 0.340 e. The Morgan fingerprint density at radius 2 is 1.91 bits per heavy atom. The van der Waals surface area contributed by atoms with E-state index < -0.39 is 12.1 Å². The molecular weight excluding hydrogens is 425 g/mol. The van der Waals surface area contributed by atoms with E-state index in [-0.39, 0.29) is 35.7 Å². The Hall–Kier alpha value is -4.04. The highest BCUT2D eigenvalue weighted by molar-refractivity contribution is 6.00. The Morgan fingerprint density at radius 1 is 1.15 bits per heavy atom. The van der Waals surface area contributed by atoms with Crippen LogP contribution in [0.4, 0.5) is 10.1 Å². The van der Waals surface area contributed by atoms with E-state index in [0.717, 1.165) is 22.1 Å². The number of rotatable bonds is 1. The zero-order chi connectivity index (χ0) is 23.0. The third kappa shape index (κ3) is 2.74. The summed E-state index contributed by atoms with van der Waals surface area (Å²) in [6, 6.07) is 12.1. The average Bonchev–Trinajstić information content (AvgIpc) is 3.15. The summed E-state index contributed by atoms with van der Waals surface area (Å²) in [5.41, 5.74) is 11.1. The zero-order valence-electron chi connectivity index (χ0n) is 17.6. The Labute approximate surface area is 186 Å². The number of hydrogen-bond acceptors (Lipinski definition) is 6. The van der Waals surface area contributed by atoms with E-state index in [2.05, 4.69) is 0 Å². The highest BCUT2D eigenvalue weighted by atomic mass is 19.1. The number of aliphatic hydroxyl groups excluding tert-OH is 1. The molecule has 2 aliphatic rings. The number of carbonyl (C=O) groups is 1. The maximum absolute atomic E-state index is 14.5. The van der Waals surface area contributed by atoms with E-state index in [4.69, 9.17) is 15.5 Å². The van der Waals surface area contributed by atoms with E-state index in [1.54, 1.807) is 35.8 Å². The van der Waals surface area contributed by atoms with Crippen LogP contribution in [-0.4, -0.2) is 20.6 Å². The number of ether oxygens (including phenoxy) is 1. The van der Waals surface area contributed by atoms with Crippen LogP contribution in [-0.2, 0) is 22.7 Å². The molecule has 164 valence electrons. The van der Waals surface area contributed by atoms with Crippen LogP contribution in [0.3, 0.4) is 0 Å². The molecule has 2 aromatic carbocycles. The molecule has 2 aromatic heterocycles. The number of pyridine rings is 2. The van der Waals surface area contributed by atoms with Crippen molar-refractivity contribution >= 4 is 22.6 Å². The number of carbonyl (C=O) groups excluding carboxylic acids is 1. The Bertz CT molecular complexity index is 1570. The number of nitrogens with zero attached hydrogens (tertiary/aromatic N) is 2. The molecule has 0 bridgehead atoms. The monoisotopic (exact) mass is 443 g/mol. The fraction of sp³-hybridized carbons (Fsp3) is 0.160. The number of nitrogens with two attached hydrogens (primary N) is 1. The van der Waals surface area contributed by atoms with Gasteiger partial charge in [0.15, 0.2) is 6.10 Å². The van der Waals surface area contributed by atoms with Crippen molar-refractivity contribution in [1.29, 1.82) is 0 Å². The first-order chi connectivity index (χ1) is 15.8. The highest BCUT2D eigenvalue weighted by Crippen LogP contribution is 2.42. The number of halogens is 1. The standard InChI is InChI=1S/C25H18FN3O4/c1-11-6-15-19(8-18(11)26)28-22-16(21(15)12-2-4-13(27)5-3-12)9-29-20(22)7-14-17(24(29)31)10-33-25(32)23(14)30/h2-8,23,30H,9-10,27H2,1H3. The first-order valence-corrected chi connectivity index (χ1v) is 10.4. The second-order valence-corrected chi connectivity index (χ2v) is 8.42. The predicted molar refractivity (Wildman–Crippen MR) is 120 cm³/mol. The van der Waals surface area contributed by atoms with Gasteiger partial charge in [-0.15, -0.1) is 0 Å². The Morgan fingerprint density at radius 3 is 2.67 bits per heavy atom. The summed E-state index contributed by atoms with van der Waals surface area (Å²) >= 11 is 0. The van der Waals surface area contributed by atoms with Crippen LogP contribution in [0, 0.1) is 12.7 Å². The van der Waals surface area contributed by atoms with Crippen LogP contribution in [0.2, 0.25) is 0 Å². The van der Waals surface area contributed by atoms with Gasteiger partial charge in [-0.2, -0.15) is 0 Å². The van der Waals surface area contributed by atoms with Crippen LogP contribution in [0.25, 0.3) is 33.4 Å². The molecule has 1 unspecified atom stereocenters. The number of aryl methyl sites for hydroxylation is 1. The number of cyclic esters (lactones) is 1. The number of aromatic nitrogens is 2. The van der Waals surface area contributed by atoms with Crippen LogP contribution < -0.4 is 11.3 Å². The minimum atomic E-state index is -1.53. The first kappa shape index (κ1) is 19.6. The van der Waals surface area contributed by atoms with Crippen LogP contribution in [0.1, 0.15) is 28.4 Å². The Balaban J connectivity index is 1.70. The Kier molecular flexibility index (Phi) is 4.00. The summed E-state index contributed by atoms with van der Waals surface area (Å²) in [7, 11) is 0. The molecule has 4 aromatic rings. The fourth-order valence-corrected chi connectivity index (χ4v) is 4.74. The minimum Gasteiger partial charge on any atom is -0.458 e. The summed E-state index contributed by atoms with van der Waals surface area (Å²) in [5, 5.41) is 11.1. The lowest BCUT2D eigenvalue weighted by atomic mass is 9.93. The van der Waals surface area contributed by atoms with Crippen molar-refractivity contribution in [1.82, 2.24) is 9.55 Å². The van der Waals surface area contributed by atoms with Gasteiger partial charge >= 0.3 is 5.97 Å². The van der Waals surface area contributed by atoms with E-state index in [1.165, 1.54) is 6.07 Å². The van der Waals surface area contributed by atoms with Gasteiger partial charge in [0, 0.05) is 28.3 Å². The molecule has 33 heavy (non-hydrogen) atoms. The molecule has 0 amide bonds. The molecule has 3 N–H and O–H groups in total. The van der Waals surface area contributed by atoms with Crippen molar-refractivity contribution < 1.29 is 19.0 Å². The first-order valence-electron chi connectivity index (χ1n) is 10.4. The van der Waals surface area contributed by atoms with Crippen molar-refractivity contribution in [2.24, 2.45) is 0 Å². The minimum absolute atomic E-state index is 0.189. The van der Waals surface area contributed by atoms with Gasteiger partial charge < -0.3 is 20.1 Å². The lowest BCUT2D eigenvalue weighted by Gasteiger charge is -2.21. The summed E-state index contributed by atoms with van der Waals surface area (Å²) < 4.78 is 21.0. The van der Waals surface area contributed by atoms with Gasteiger partial charge in [0.25, 0.3) is 5.56 Å². The molecule has 2 aliphatic heterocycles. The third-order valence-corrected chi connectivity index (χ3v) is 6.44. The largest absolute Gasteiger partial charge is 0.458 e. The molecule has 0 saturated heterocycles. The van der Waals surface area contributed by atoms with Gasteiger partial charge in [-0.1, -0.05) is 12.1 Å². The molecule has 8 heteroatoms. The maximum atomic E-state index is 14.5. The number of anilines is 1. The third-order valence-electron chi connectivity index (χ3n) is 6.44. The molecule has 7 nitrogen and oxygen atoms in total. The molecule has 0 saturated carbocycles. The van der Waals surface area contributed by atoms with E-state index >= 15 is 0 Å². The molecule has 1 atom stereocenters. The van der Waals surface area contributed by atoms with E-state index in [9.17, 15) is 19.1 Å². The van der Waals surface area contributed by atoms with Gasteiger partial charge in [0.2, 0.25) is 0 Å². The van der Waals surface area contributed by atoms with Crippen LogP contribution in [0.5, 0.6) is 0 Å². The number of nitrogen functional groups attached to an aromatic ring is 1. The number of esters is 1. The average molecular weight is 443 g/mol. The topological polar surface area (TPSA) is 107 Å². The summed E-state index contributed by atoms with van der Waals surface area (Å²) in [5.74, 6) is -1.17. The quantitative estimate of drug-likeness (QED) is 0.304. The lowest BCUT2D eigenvalue weighted by Crippen LogP contribution is -2.32. The fourth-order valence-electron chi connectivity index (χ4n) is 4.74. The summed E-state index contributed by atoms with van der Waals surface area (Å²) in [6.07, 6.45) is -1.53. The van der Waals surface area contributed by atoms with Gasteiger partial charge in [-0.3, -0.25) is 4.79 Å². The second kappa shape index (κ2) is 6.73. The number of benzene rings is 2. The van der Waals surface area contributed by atoms with Crippen molar-refractivity contribution in [2.75, 3.05) is 5.73 Å². The number of aliphatic hydroxyl groups is 1. The highest BCUT2D eigenvalue weighted by Gasteiger charge is 2.35. The van der Waals surface area contributed by atoms with E-state index in [0.29, 0.717) is 28.2 Å². The number of hydrogen-bond donors (Lipinski definition) is 2. The molecule has 0 radical (unpaired) electrons. The van der Waals surface area contributed by atoms with Crippen LogP contribution in [0.15, 0.2) is 47.3 Å². The molecule has 6 rings (SSSR count). The van der Waals surface area contributed by atoms with Gasteiger partial charge in [0.05, 0.1) is 29.0 Å². The molecule has 0 fully saturated rings. The molecule has 0 spiro atoms. The van der Waals surface area contributed by atoms with Crippen molar-refractivity contribution in [3.63, 3.8) is 0 Å². The van der Waals surface area contributed by atoms with Crippen molar-refractivity contribution in [2.45, 2.75) is 26.2 Å². The maximum Gasteiger partial charge on any atom is 0.340 e. The lowest BCUT2D eigenvalue weighted by molar-refractivity contribution is -0.157. The van der Waals surface area contributed by atoms with Crippen molar-refractivity contribution in [3.8, 4) is 22.5 Å². The molecular formula is C25H18FN3O4. The second-order valence-electron chi connectivity index (χ2n) is 8.42. The summed E-state index contributed by atoms with van der Waals surface area (Å²) in [4.78, 5) is 29.9. The van der Waals surface area contributed by atoms with Gasteiger partial charge in [0.1, 0.15) is 12.4 Å². The van der Waals surface area contributed by atoms with E-state index in [1.807, 2.05) is 12.1 Å².